The molecule has 1 fully saturated rings. The van der Waals surface area contributed by atoms with Gasteiger partial charge in [-0.25, -0.2) is 4.39 Å². The van der Waals surface area contributed by atoms with Gasteiger partial charge in [-0.05, 0) is 12.5 Å². The van der Waals surface area contributed by atoms with Crippen molar-refractivity contribution in [1.29, 1.82) is 0 Å². The van der Waals surface area contributed by atoms with Gasteiger partial charge in [0.15, 0.2) is 5.96 Å². The Morgan fingerprint density at radius 2 is 2.30 bits per heavy atom. The van der Waals surface area contributed by atoms with Gasteiger partial charge in [-0.1, -0.05) is 18.2 Å². The van der Waals surface area contributed by atoms with Crippen LogP contribution in [-0.4, -0.2) is 44.7 Å². The molecule has 0 radical (unpaired) electrons. The van der Waals surface area contributed by atoms with E-state index >= 15 is 0 Å². The van der Waals surface area contributed by atoms with E-state index in [1.54, 1.807) is 26.3 Å². The Hall–Kier alpha value is -1.62. The molecule has 0 aromatic heterocycles. The Morgan fingerprint density at radius 1 is 1.50 bits per heavy atom. The second kappa shape index (κ2) is 7.24. The maximum atomic E-state index is 13.6. The fraction of sp³-hybridized carbons (Fsp3) is 0.533. The van der Waals surface area contributed by atoms with Gasteiger partial charge < -0.3 is 15.0 Å². The van der Waals surface area contributed by atoms with Gasteiger partial charge in [0.05, 0.1) is 6.61 Å². The van der Waals surface area contributed by atoms with Crippen molar-refractivity contribution >= 4 is 5.96 Å². The fourth-order valence-corrected chi connectivity index (χ4v) is 2.55. The normalized spacial score (nSPS) is 19.4. The van der Waals surface area contributed by atoms with E-state index in [0.717, 1.165) is 32.1 Å². The van der Waals surface area contributed by atoms with Gasteiger partial charge in [0.1, 0.15) is 5.82 Å². The van der Waals surface area contributed by atoms with E-state index in [9.17, 15) is 4.39 Å². The summed E-state index contributed by atoms with van der Waals surface area (Å²) >= 11 is 0. The van der Waals surface area contributed by atoms with Gasteiger partial charge in [-0.3, -0.25) is 4.99 Å². The van der Waals surface area contributed by atoms with Crippen molar-refractivity contribution in [2.75, 3.05) is 33.9 Å². The van der Waals surface area contributed by atoms with Gasteiger partial charge in [0.2, 0.25) is 0 Å². The predicted molar refractivity (Wildman–Crippen MR) is 78.2 cm³/mol. The number of rotatable bonds is 4. The summed E-state index contributed by atoms with van der Waals surface area (Å²) in [6.07, 6.45) is 1.11. The van der Waals surface area contributed by atoms with Gasteiger partial charge in [0.25, 0.3) is 0 Å². The van der Waals surface area contributed by atoms with Gasteiger partial charge in [-0.15, -0.1) is 0 Å². The van der Waals surface area contributed by atoms with E-state index in [2.05, 4.69) is 15.2 Å². The minimum Gasteiger partial charge on any atom is -0.384 e. The molecule has 4 nitrogen and oxygen atoms in total. The van der Waals surface area contributed by atoms with Crippen LogP contribution in [0.15, 0.2) is 29.3 Å². The fourth-order valence-electron chi connectivity index (χ4n) is 2.55. The van der Waals surface area contributed by atoms with Crippen LogP contribution in [0.4, 0.5) is 4.39 Å². The number of ether oxygens (including phenoxy) is 1. The summed E-state index contributed by atoms with van der Waals surface area (Å²) < 4.78 is 18.8. The minimum absolute atomic E-state index is 0.186. The molecule has 0 saturated carbocycles. The largest absolute Gasteiger partial charge is 0.384 e. The van der Waals surface area contributed by atoms with E-state index < -0.39 is 0 Å². The second-order valence-electron chi connectivity index (χ2n) is 5.05. The molecule has 2 rings (SSSR count). The topological polar surface area (TPSA) is 36.9 Å². The standard InChI is InChI=1S/C15H22FN3O/c1-17-15(19-8-7-12(10-19)11-20-2)18-9-13-5-3-4-6-14(13)16/h3-6,12H,7-11H2,1-2H3,(H,17,18). The molecule has 0 amide bonds. The van der Waals surface area contributed by atoms with Gasteiger partial charge in [-0.2, -0.15) is 0 Å². The monoisotopic (exact) mass is 279 g/mol. The van der Waals surface area contributed by atoms with Crippen molar-refractivity contribution in [1.82, 2.24) is 10.2 Å². The first-order valence-electron chi connectivity index (χ1n) is 6.92. The maximum absolute atomic E-state index is 13.6. The van der Waals surface area contributed by atoms with Crippen LogP contribution in [0.5, 0.6) is 0 Å². The first-order chi connectivity index (χ1) is 9.74. The molecule has 1 atom stereocenters. The van der Waals surface area contributed by atoms with Crippen LogP contribution in [0.3, 0.4) is 0 Å². The lowest BCUT2D eigenvalue weighted by Crippen LogP contribution is -2.40. The summed E-state index contributed by atoms with van der Waals surface area (Å²) in [4.78, 5) is 6.48. The average molecular weight is 279 g/mol. The summed E-state index contributed by atoms with van der Waals surface area (Å²) in [5.74, 6) is 1.19. The molecule has 1 aliphatic heterocycles. The zero-order valence-electron chi connectivity index (χ0n) is 12.1. The van der Waals surface area contributed by atoms with Crippen LogP contribution < -0.4 is 5.32 Å². The van der Waals surface area contributed by atoms with Crippen molar-refractivity contribution in [3.05, 3.63) is 35.6 Å². The Bertz CT molecular complexity index is 464. The van der Waals surface area contributed by atoms with Crippen LogP contribution in [-0.2, 0) is 11.3 Å². The first kappa shape index (κ1) is 14.8. The zero-order valence-corrected chi connectivity index (χ0v) is 12.1. The third-order valence-electron chi connectivity index (χ3n) is 3.59. The summed E-state index contributed by atoms with van der Waals surface area (Å²) in [7, 11) is 3.49. The molecule has 110 valence electrons. The maximum Gasteiger partial charge on any atom is 0.193 e. The first-order valence-corrected chi connectivity index (χ1v) is 6.92. The summed E-state index contributed by atoms with van der Waals surface area (Å²) in [6.45, 7) is 3.13. The Balaban J connectivity index is 1.89. The lowest BCUT2D eigenvalue weighted by molar-refractivity contribution is 0.157. The zero-order chi connectivity index (χ0) is 14.4. The molecule has 5 heteroatoms. The molecular weight excluding hydrogens is 257 g/mol. The number of nitrogens with zero attached hydrogens (tertiary/aromatic N) is 2. The van der Waals surface area contributed by atoms with Crippen molar-refractivity contribution < 1.29 is 9.13 Å². The molecule has 1 aromatic rings. The molecule has 1 N–H and O–H groups in total. The smallest absolute Gasteiger partial charge is 0.193 e. The number of nitrogens with one attached hydrogen (secondary N) is 1. The number of hydrogen-bond donors (Lipinski definition) is 1. The van der Waals surface area contributed by atoms with Crippen molar-refractivity contribution in [3.63, 3.8) is 0 Å². The number of likely N-dealkylation sites (tertiary alicyclic amines) is 1. The van der Waals surface area contributed by atoms with Crippen molar-refractivity contribution in [2.24, 2.45) is 10.9 Å². The van der Waals surface area contributed by atoms with Gasteiger partial charge >= 0.3 is 0 Å². The third-order valence-corrected chi connectivity index (χ3v) is 3.59. The molecule has 0 bridgehead atoms. The molecule has 1 saturated heterocycles. The average Bonchev–Trinajstić information content (AvgIpc) is 2.90. The van der Waals surface area contributed by atoms with Crippen LogP contribution in [0.1, 0.15) is 12.0 Å². The summed E-state index contributed by atoms with van der Waals surface area (Å²) in [6, 6.07) is 6.80. The number of methoxy groups -OCH3 is 1. The van der Waals surface area contributed by atoms with Crippen molar-refractivity contribution in [2.45, 2.75) is 13.0 Å². The second-order valence-corrected chi connectivity index (χ2v) is 5.05. The summed E-state index contributed by atoms with van der Waals surface area (Å²) in [5.41, 5.74) is 0.654. The summed E-state index contributed by atoms with van der Waals surface area (Å²) in [5, 5.41) is 3.23. The van der Waals surface area contributed by atoms with E-state index in [1.165, 1.54) is 6.07 Å². The van der Waals surface area contributed by atoms with E-state index in [-0.39, 0.29) is 5.82 Å². The van der Waals surface area contributed by atoms with Crippen LogP contribution in [0, 0.1) is 11.7 Å². The van der Waals surface area contributed by atoms with E-state index in [0.29, 0.717) is 18.0 Å². The molecule has 20 heavy (non-hydrogen) atoms. The van der Waals surface area contributed by atoms with E-state index in [1.807, 2.05) is 6.07 Å². The SMILES string of the molecule is CN=C(NCc1ccccc1F)N1CCC(COC)C1. The molecule has 1 aromatic carbocycles. The lowest BCUT2D eigenvalue weighted by atomic mass is 10.1. The number of guanidine groups is 1. The third kappa shape index (κ3) is 3.70. The quantitative estimate of drug-likeness (QED) is 0.675. The van der Waals surface area contributed by atoms with Crippen molar-refractivity contribution in [3.8, 4) is 0 Å². The molecular formula is C15H22FN3O. The Morgan fingerprint density at radius 3 is 3.00 bits per heavy atom. The van der Waals surface area contributed by atoms with Gasteiger partial charge in [0, 0.05) is 45.3 Å². The molecule has 1 unspecified atom stereocenters. The number of benzene rings is 1. The van der Waals surface area contributed by atoms with Crippen LogP contribution in [0.2, 0.25) is 0 Å². The van der Waals surface area contributed by atoms with Crippen LogP contribution >= 0.6 is 0 Å². The molecule has 0 aliphatic carbocycles. The Labute approximate surface area is 119 Å². The lowest BCUT2D eigenvalue weighted by Gasteiger charge is -2.21. The highest BCUT2D eigenvalue weighted by molar-refractivity contribution is 5.80. The number of aliphatic imine (C=N–C) groups is 1. The van der Waals surface area contributed by atoms with Crippen LogP contribution in [0.25, 0.3) is 0 Å². The molecule has 1 heterocycles. The highest BCUT2D eigenvalue weighted by Gasteiger charge is 2.24. The highest BCUT2D eigenvalue weighted by atomic mass is 19.1. The number of halogens is 1. The Kier molecular flexibility index (Phi) is 5.35. The minimum atomic E-state index is -0.186. The van der Waals surface area contributed by atoms with E-state index in [4.69, 9.17) is 4.74 Å². The molecule has 1 aliphatic rings. The molecule has 0 spiro atoms. The predicted octanol–water partition coefficient (Wildman–Crippen LogP) is 1.87. The number of hydrogen-bond acceptors (Lipinski definition) is 2. The highest BCUT2D eigenvalue weighted by Crippen LogP contribution is 2.16.